The predicted molar refractivity (Wildman–Crippen MR) is 57.0 cm³/mol. The van der Waals surface area contributed by atoms with E-state index < -0.39 is 0 Å². The van der Waals surface area contributed by atoms with Gasteiger partial charge in [0.05, 0.1) is 0 Å². The Labute approximate surface area is 84.8 Å². The van der Waals surface area contributed by atoms with Crippen molar-refractivity contribution in [1.82, 2.24) is 0 Å². The fourth-order valence-corrected chi connectivity index (χ4v) is 0.977. The van der Waals surface area contributed by atoms with E-state index in [0.29, 0.717) is 0 Å². The van der Waals surface area contributed by atoms with Gasteiger partial charge in [-0.05, 0) is 30.7 Å². The summed E-state index contributed by atoms with van der Waals surface area (Å²) in [5.74, 6) is -0.184. The van der Waals surface area contributed by atoms with Crippen LogP contribution < -0.4 is 5.32 Å². The van der Waals surface area contributed by atoms with Crippen LogP contribution in [-0.4, -0.2) is 6.54 Å². The van der Waals surface area contributed by atoms with E-state index in [2.05, 4.69) is 12.2 Å². The van der Waals surface area contributed by atoms with Gasteiger partial charge < -0.3 is 5.32 Å². The normalized spacial score (nSPS) is 9.08. The fraction of sp³-hybridized carbons (Fsp3) is 0.400. The van der Waals surface area contributed by atoms with Crippen LogP contribution >= 0.6 is 12.4 Å². The third-order valence-electron chi connectivity index (χ3n) is 1.70. The van der Waals surface area contributed by atoms with E-state index in [9.17, 15) is 4.39 Å². The van der Waals surface area contributed by atoms with Gasteiger partial charge in [-0.3, -0.25) is 0 Å². The molecule has 3 heteroatoms. The zero-order valence-electron chi connectivity index (χ0n) is 7.72. The molecule has 1 nitrogen and oxygen atoms in total. The lowest BCUT2D eigenvalue weighted by atomic mass is 10.3. The van der Waals surface area contributed by atoms with E-state index in [1.807, 2.05) is 0 Å². The summed E-state index contributed by atoms with van der Waals surface area (Å²) in [5, 5.41) is 3.21. The Balaban J connectivity index is 0.00000144. The first-order valence-electron chi connectivity index (χ1n) is 4.32. The van der Waals surface area contributed by atoms with Crippen molar-refractivity contribution in [1.29, 1.82) is 0 Å². The summed E-state index contributed by atoms with van der Waals surface area (Å²) >= 11 is 0. The number of rotatable bonds is 4. The second kappa shape index (κ2) is 6.72. The summed E-state index contributed by atoms with van der Waals surface area (Å²) in [7, 11) is 0. The lowest BCUT2D eigenvalue weighted by Crippen LogP contribution is -2.00. The summed E-state index contributed by atoms with van der Waals surface area (Å²) in [6.45, 7) is 3.11. The van der Waals surface area contributed by atoms with Crippen molar-refractivity contribution in [2.24, 2.45) is 0 Å². The Bertz CT molecular complexity index is 223. The van der Waals surface area contributed by atoms with Crippen LogP contribution in [0, 0.1) is 5.82 Å². The largest absolute Gasteiger partial charge is 0.385 e. The first-order chi connectivity index (χ1) is 5.83. The van der Waals surface area contributed by atoms with Gasteiger partial charge in [0.1, 0.15) is 5.82 Å². The quantitative estimate of drug-likeness (QED) is 0.740. The zero-order valence-corrected chi connectivity index (χ0v) is 8.53. The van der Waals surface area contributed by atoms with Gasteiger partial charge >= 0.3 is 0 Å². The highest BCUT2D eigenvalue weighted by molar-refractivity contribution is 5.85. The van der Waals surface area contributed by atoms with Crippen LogP contribution in [0.1, 0.15) is 19.8 Å². The number of nitrogens with one attached hydrogen (secondary N) is 1. The Kier molecular flexibility index (Phi) is 6.33. The Hall–Kier alpha value is -0.760. The van der Waals surface area contributed by atoms with Crippen molar-refractivity contribution in [2.45, 2.75) is 19.8 Å². The molecule has 0 amide bonds. The van der Waals surface area contributed by atoms with Crippen LogP contribution in [0.15, 0.2) is 24.3 Å². The smallest absolute Gasteiger partial charge is 0.123 e. The van der Waals surface area contributed by atoms with Gasteiger partial charge in [-0.2, -0.15) is 0 Å². The Morgan fingerprint density at radius 1 is 1.23 bits per heavy atom. The van der Waals surface area contributed by atoms with Crippen LogP contribution in [-0.2, 0) is 0 Å². The molecule has 1 N–H and O–H groups in total. The zero-order chi connectivity index (χ0) is 8.81. The molecule has 1 aromatic carbocycles. The molecule has 1 rings (SSSR count). The maximum Gasteiger partial charge on any atom is 0.123 e. The lowest BCUT2D eigenvalue weighted by Gasteiger charge is -2.03. The summed E-state index contributed by atoms with van der Waals surface area (Å²) in [4.78, 5) is 0. The van der Waals surface area contributed by atoms with Gasteiger partial charge in [0.25, 0.3) is 0 Å². The molecule has 0 aliphatic rings. The average molecular weight is 204 g/mol. The highest BCUT2D eigenvalue weighted by Crippen LogP contribution is 2.07. The first kappa shape index (κ1) is 12.2. The molecule has 0 radical (unpaired) electrons. The van der Waals surface area contributed by atoms with E-state index in [1.54, 1.807) is 12.1 Å². The molecule has 0 fully saturated rings. The number of hydrogen-bond donors (Lipinski definition) is 1. The summed E-state index contributed by atoms with van der Waals surface area (Å²) in [6.07, 6.45) is 2.32. The Morgan fingerprint density at radius 2 is 1.85 bits per heavy atom. The van der Waals surface area contributed by atoms with Crippen LogP contribution in [0.2, 0.25) is 0 Å². The van der Waals surface area contributed by atoms with Gasteiger partial charge in [0.2, 0.25) is 0 Å². The second-order valence-electron chi connectivity index (χ2n) is 2.79. The van der Waals surface area contributed by atoms with Gasteiger partial charge in [-0.25, -0.2) is 4.39 Å². The highest BCUT2D eigenvalue weighted by atomic mass is 35.5. The summed E-state index contributed by atoms with van der Waals surface area (Å²) in [5.41, 5.74) is 0.991. The highest BCUT2D eigenvalue weighted by Gasteiger charge is 1.90. The summed E-state index contributed by atoms with van der Waals surface area (Å²) < 4.78 is 12.4. The van der Waals surface area contributed by atoms with Gasteiger partial charge in [-0.15, -0.1) is 12.4 Å². The number of hydrogen-bond acceptors (Lipinski definition) is 1. The standard InChI is InChI=1S/C10H14FN.ClH/c1-2-3-8-12-10-6-4-9(11)5-7-10;/h4-7,12H,2-3,8H2,1H3;1H. The van der Waals surface area contributed by atoms with Crippen molar-refractivity contribution >= 4 is 18.1 Å². The third kappa shape index (κ3) is 4.73. The molecular formula is C10H15ClFN. The molecule has 0 atom stereocenters. The molecule has 13 heavy (non-hydrogen) atoms. The summed E-state index contributed by atoms with van der Waals surface area (Å²) in [6, 6.07) is 6.44. The molecule has 0 aliphatic heterocycles. The maximum atomic E-state index is 12.4. The molecule has 0 saturated heterocycles. The predicted octanol–water partition coefficient (Wildman–Crippen LogP) is 3.46. The van der Waals surface area contributed by atoms with Crippen molar-refractivity contribution < 1.29 is 4.39 Å². The fourth-order valence-electron chi connectivity index (χ4n) is 0.977. The lowest BCUT2D eigenvalue weighted by molar-refractivity contribution is 0.628. The van der Waals surface area contributed by atoms with Crippen LogP contribution in [0.3, 0.4) is 0 Å². The monoisotopic (exact) mass is 203 g/mol. The van der Waals surface area contributed by atoms with E-state index in [4.69, 9.17) is 0 Å². The second-order valence-corrected chi connectivity index (χ2v) is 2.79. The van der Waals surface area contributed by atoms with Gasteiger partial charge in [0, 0.05) is 12.2 Å². The molecule has 0 heterocycles. The van der Waals surface area contributed by atoms with Crippen molar-refractivity contribution in [3.63, 3.8) is 0 Å². The molecule has 0 unspecified atom stereocenters. The molecule has 0 spiro atoms. The van der Waals surface area contributed by atoms with E-state index in [0.717, 1.165) is 18.7 Å². The van der Waals surface area contributed by atoms with Gasteiger partial charge in [-0.1, -0.05) is 13.3 Å². The van der Waals surface area contributed by atoms with E-state index in [-0.39, 0.29) is 18.2 Å². The molecule has 0 aliphatic carbocycles. The third-order valence-corrected chi connectivity index (χ3v) is 1.70. The number of anilines is 1. The van der Waals surface area contributed by atoms with Crippen molar-refractivity contribution in [3.8, 4) is 0 Å². The maximum absolute atomic E-state index is 12.4. The van der Waals surface area contributed by atoms with Gasteiger partial charge in [0.15, 0.2) is 0 Å². The minimum absolute atomic E-state index is 0. The average Bonchev–Trinajstić information content (AvgIpc) is 2.09. The molecule has 0 saturated carbocycles. The minimum Gasteiger partial charge on any atom is -0.385 e. The minimum atomic E-state index is -0.184. The van der Waals surface area contributed by atoms with Crippen LogP contribution in [0.4, 0.5) is 10.1 Å². The van der Waals surface area contributed by atoms with E-state index in [1.165, 1.54) is 18.6 Å². The molecule has 0 bridgehead atoms. The molecule has 74 valence electrons. The number of benzene rings is 1. The number of halogens is 2. The number of unbranched alkanes of at least 4 members (excludes halogenated alkanes) is 1. The molecule has 1 aromatic rings. The SMILES string of the molecule is CCCCNc1ccc(F)cc1.Cl. The van der Waals surface area contributed by atoms with Crippen LogP contribution in [0.5, 0.6) is 0 Å². The van der Waals surface area contributed by atoms with Crippen molar-refractivity contribution in [3.05, 3.63) is 30.1 Å². The Morgan fingerprint density at radius 3 is 2.38 bits per heavy atom. The topological polar surface area (TPSA) is 12.0 Å². The first-order valence-corrected chi connectivity index (χ1v) is 4.32. The van der Waals surface area contributed by atoms with Crippen molar-refractivity contribution in [2.75, 3.05) is 11.9 Å². The van der Waals surface area contributed by atoms with Crippen LogP contribution in [0.25, 0.3) is 0 Å². The van der Waals surface area contributed by atoms with E-state index >= 15 is 0 Å². The molecular weight excluding hydrogens is 189 g/mol. The molecule has 0 aromatic heterocycles.